The van der Waals surface area contributed by atoms with Crippen molar-refractivity contribution in [2.75, 3.05) is 0 Å². The molecule has 2 aromatic rings. The first kappa shape index (κ1) is 16.8. The summed E-state index contributed by atoms with van der Waals surface area (Å²) in [7, 11) is 0. The largest absolute Gasteiger partial charge is 0.433 e. The molecular formula is C15H8F6N2. The van der Waals surface area contributed by atoms with Crippen molar-refractivity contribution in [1.82, 2.24) is 4.98 Å². The minimum atomic E-state index is -4.79. The summed E-state index contributed by atoms with van der Waals surface area (Å²) in [5.74, 6) is 0. The van der Waals surface area contributed by atoms with E-state index in [2.05, 4.69) is 4.98 Å². The van der Waals surface area contributed by atoms with Gasteiger partial charge in [0.05, 0.1) is 18.1 Å². The van der Waals surface area contributed by atoms with E-state index in [1.54, 1.807) is 6.07 Å². The standard InChI is InChI=1S/C15H8F6N2/c16-14(17,18)11-3-1-9(2-4-11)12-10(5-7-22)6-8-23-13(12)15(19,20)21/h1-4,6,8H,5H2. The molecule has 120 valence electrons. The topological polar surface area (TPSA) is 36.7 Å². The first-order chi connectivity index (χ1) is 10.6. The molecule has 0 N–H and O–H groups in total. The van der Waals surface area contributed by atoms with Gasteiger partial charge in [-0.3, -0.25) is 4.98 Å². The second-order valence-corrected chi connectivity index (χ2v) is 4.60. The van der Waals surface area contributed by atoms with Crippen molar-refractivity contribution in [1.29, 1.82) is 5.26 Å². The Kier molecular flexibility index (Phi) is 4.32. The average molecular weight is 330 g/mol. The number of hydrogen-bond donors (Lipinski definition) is 0. The zero-order valence-corrected chi connectivity index (χ0v) is 11.3. The number of alkyl halides is 6. The van der Waals surface area contributed by atoms with E-state index in [0.29, 0.717) is 12.1 Å². The summed E-state index contributed by atoms with van der Waals surface area (Å²) in [6.45, 7) is 0. The molecule has 0 amide bonds. The Balaban J connectivity index is 2.64. The van der Waals surface area contributed by atoms with Crippen LogP contribution in [0.3, 0.4) is 0 Å². The van der Waals surface area contributed by atoms with Crippen LogP contribution in [0.2, 0.25) is 0 Å². The van der Waals surface area contributed by atoms with E-state index in [1.807, 2.05) is 0 Å². The van der Waals surface area contributed by atoms with Crippen LogP contribution < -0.4 is 0 Å². The van der Waals surface area contributed by atoms with Gasteiger partial charge in [-0.25, -0.2) is 0 Å². The SMILES string of the molecule is N#CCc1ccnc(C(F)(F)F)c1-c1ccc(C(F)(F)F)cc1. The molecule has 0 saturated heterocycles. The molecule has 0 aliphatic rings. The Hall–Kier alpha value is -2.56. The summed E-state index contributed by atoms with van der Waals surface area (Å²) < 4.78 is 77.0. The zero-order valence-electron chi connectivity index (χ0n) is 11.3. The van der Waals surface area contributed by atoms with Crippen molar-refractivity contribution in [2.24, 2.45) is 0 Å². The number of halogens is 6. The first-order valence-electron chi connectivity index (χ1n) is 6.24. The third-order valence-electron chi connectivity index (χ3n) is 3.08. The maximum Gasteiger partial charge on any atom is 0.433 e. The molecule has 0 aliphatic heterocycles. The molecule has 8 heteroatoms. The van der Waals surface area contributed by atoms with Crippen molar-refractivity contribution < 1.29 is 26.3 Å². The summed E-state index contributed by atoms with van der Waals surface area (Å²) in [5.41, 5.74) is -2.61. The van der Waals surface area contributed by atoms with Crippen LogP contribution in [-0.2, 0) is 18.8 Å². The molecule has 0 radical (unpaired) electrons. The Morgan fingerprint density at radius 1 is 0.913 bits per heavy atom. The van der Waals surface area contributed by atoms with Crippen LogP contribution in [0.15, 0.2) is 36.5 Å². The van der Waals surface area contributed by atoms with Gasteiger partial charge >= 0.3 is 12.4 Å². The summed E-state index contributed by atoms with van der Waals surface area (Å²) in [5, 5.41) is 8.74. The van der Waals surface area contributed by atoms with Crippen molar-refractivity contribution in [3.05, 3.63) is 53.3 Å². The number of nitrogens with zero attached hydrogens (tertiary/aromatic N) is 2. The lowest BCUT2D eigenvalue weighted by atomic mass is 9.95. The molecule has 0 fully saturated rings. The lowest BCUT2D eigenvalue weighted by Gasteiger charge is -2.15. The highest BCUT2D eigenvalue weighted by atomic mass is 19.4. The Morgan fingerprint density at radius 3 is 2.00 bits per heavy atom. The maximum atomic E-state index is 13.1. The minimum Gasteiger partial charge on any atom is -0.251 e. The van der Waals surface area contributed by atoms with Crippen LogP contribution >= 0.6 is 0 Å². The van der Waals surface area contributed by atoms with Crippen LogP contribution in [0.4, 0.5) is 26.3 Å². The van der Waals surface area contributed by atoms with Crippen molar-refractivity contribution in [2.45, 2.75) is 18.8 Å². The van der Waals surface area contributed by atoms with E-state index in [1.165, 1.54) is 6.07 Å². The minimum absolute atomic E-state index is 0.0505. The van der Waals surface area contributed by atoms with E-state index >= 15 is 0 Å². The highest BCUT2D eigenvalue weighted by Gasteiger charge is 2.37. The summed E-state index contributed by atoms with van der Waals surface area (Å²) in [4.78, 5) is 3.28. The fourth-order valence-corrected chi connectivity index (χ4v) is 2.10. The molecule has 0 aliphatic carbocycles. The van der Waals surface area contributed by atoms with Gasteiger partial charge in [-0.15, -0.1) is 0 Å². The number of nitriles is 1. The highest BCUT2D eigenvalue weighted by molar-refractivity contribution is 5.71. The molecule has 0 spiro atoms. The van der Waals surface area contributed by atoms with E-state index in [0.717, 1.165) is 18.3 Å². The number of aromatic nitrogens is 1. The zero-order chi connectivity index (χ0) is 17.3. The third kappa shape index (κ3) is 3.62. The molecular weight excluding hydrogens is 322 g/mol. The van der Waals surface area contributed by atoms with Gasteiger partial charge in [0.2, 0.25) is 0 Å². The van der Waals surface area contributed by atoms with Gasteiger partial charge in [-0.2, -0.15) is 31.6 Å². The summed E-state index contributed by atoms with van der Waals surface area (Å²) >= 11 is 0. The van der Waals surface area contributed by atoms with Gasteiger partial charge in [-0.1, -0.05) is 12.1 Å². The number of rotatable bonds is 2. The quantitative estimate of drug-likeness (QED) is 0.738. The van der Waals surface area contributed by atoms with Gasteiger partial charge in [0.15, 0.2) is 5.69 Å². The summed E-state index contributed by atoms with van der Waals surface area (Å²) in [6.07, 6.45) is -8.77. The van der Waals surface area contributed by atoms with E-state index in [9.17, 15) is 26.3 Å². The molecule has 2 rings (SSSR count). The second-order valence-electron chi connectivity index (χ2n) is 4.60. The number of pyridine rings is 1. The highest BCUT2D eigenvalue weighted by Crippen LogP contribution is 2.38. The first-order valence-corrected chi connectivity index (χ1v) is 6.24. The molecule has 2 nitrogen and oxygen atoms in total. The lowest BCUT2D eigenvalue weighted by molar-refractivity contribution is -0.140. The normalized spacial score (nSPS) is 12.0. The molecule has 1 aromatic carbocycles. The third-order valence-corrected chi connectivity index (χ3v) is 3.08. The molecule has 0 unspecified atom stereocenters. The van der Waals surface area contributed by atoms with Crippen molar-refractivity contribution >= 4 is 0 Å². The van der Waals surface area contributed by atoms with Gasteiger partial charge in [0.25, 0.3) is 0 Å². The van der Waals surface area contributed by atoms with Crippen LogP contribution in [-0.4, -0.2) is 4.98 Å². The number of hydrogen-bond acceptors (Lipinski definition) is 2. The fourth-order valence-electron chi connectivity index (χ4n) is 2.10. The maximum absolute atomic E-state index is 13.1. The molecule has 0 atom stereocenters. The predicted octanol–water partition coefficient (Wildman–Crippen LogP) is 4.85. The lowest BCUT2D eigenvalue weighted by Crippen LogP contribution is -2.12. The van der Waals surface area contributed by atoms with E-state index in [4.69, 9.17) is 5.26 Å². The average Bonchev–Trinajstić information content (AvgIpc) is 2.46. The van der Waals surface area contributed by atoms with E-state index in [-0.39, 0.29) is 23.1 Å². The van der Waals surface area contributed by atoms with E-state index < -0.39 is 23.6 Å². The van der Waals surface area contributed by atoms with Gasteiger partial charge in [0.1, 0.15) is 0 Å². The monoisotopic (exact) mass is 330 g/mol. The summed E-state index contributed by atoms with van der Waals surface area (Å²) in [6, 6.07) is 6.24. The fraction of sp³-hybridized carbons (Fsp3) is 0.200. The molecule has 0 bridgehead atoms. The van der Waals surface area contributed by atoms with Crippen LogP contribution in [0.25, 0.3) is 11.1 Å². The van der Waals surface area contributed by atoms with Crippen molar-refractivity contribution in [3.8, 4) is 17.2 Å². The van der Waals surface area contributed by atoms with Crippen LogP contribution in [0.1, 0.15) is 16.8 Å². The Bertz CT molecular complexity index is 739. The predicted molar refractivity (Wildman–Crippen MR) is 69.0 cm³/mol. The number of benzene rings is 1. The van der Waals surface area contributed by atoms with Crippen LogP contribution in [0.5, 0.6) is 0 Å². The Morgan fingerprint density at radius 2 is 1.52 bits per heavy atom. The molecule has 23 heavy (non-hydrogen) atoms. The van der Waals surface area contributed by atoms with Crippen molar-refractivity contribution in [3.63, 3.8) is 0 Å². The molecule has 1 heterocycles. The van der Waals surface area contributed by atoms with Gasteiger partial charge in [-0.05, 0) is 29.3 Å². The second kappa shape index (κ2) is 5.91. The molecule has 1 aromatic heterocycles. The smallest absolute Gasteiger partial charge is 0.251 e. The van der Waals surface area contributed by atoms with Crippen LogP contribution in [0, 0.1) is 11.3 Å². The molecule has 0 saturated carbocycles. The Labute approximate surface area is 127 Å². The van der Waals surface area contributed by atoms with Gasteiger partial charge in [0, 0.05) is 11.8 Å². The van der Waals surface area contributed by atoms with Gasteiger partial charge < -0.3 is 0 Å².